The number of pyridine rings is 2. The van der Waals surface area contributed by atoms with E-state index >= 15 is 0 Å². The van der Waals surface area contributed by atoms with E-state index in [0.717, 1.165) is 102 Å². The average molecular weight is 1360 g/mol. The van der Waals surface area contributed by atoms with Crippen molar-refractivity contribution in [2.45, 2.75) is 76.8 Å². The molecule has 2 unspecified atom stereocenters. The molecule has 452 valence electrons. The van der Waals surface area contributed by atoms with Gasteiger partial charge in [-0.25, -0.2) is 19.6 Å². The molecule has 4 aromatic heterocycles. The van der Waals surface area contributed by atoms with Gasteiger partial charge in [-0.05, 0) is 189 Å². The van der Waals surface area contributed by atoms with Crippen molar-refractivity contribution in [3.05, 3.63) is 256 Å². The van der Waals surface area contributed by atoms with E-state index in [2.05, 4.69) is 114 Å². The van der Waals surface area contributed by atoms with Crippen LogP contribution in [0.1, 0.15) is 79.4 Å². The van der Waals surface area contributed by atoms with E-state index in [1.54, 1.807) is 35.5 Å². The van der Waals surface area contributed by atoms with E-state index in [1.807, 2.05) is 115 Å². The Morgan fingerprint density at radius 3 is 1.65 bits per heavy atom. The number of halogens is 4. The molecule has 2 aliphatic heterocycles. The van der Waals surface area contributed by atoms with Gasteiger partial charge in [-0.15, -0.1) is 0 Å². The van der Waals surface area contributed by atoms with Crippen LogP contribution in [0.15, 0.2) is 168 Å². The van der Waals surface area contributed by atoms with Crippen LogP contribution in [0.4, 0.5) is 27.5 Å². The number of piperazine rings is 2. The molecule has 4 atom stereocenters. The second-order valence-corrected chi connectivity index (χ2v) is 25.6. The van der Waals surface area contributed by atoms with E-state index in [1.165, 1.54) is 16.7 Å². The summed E-state index contributed by atoms with van der Waals surface area (Å²) < 4.78 is 5.92. The number of imidazole rings is 2. The second kappa shape index (κ2) is 27.4. The molecule has 4 amide bonds. The lowest BCUT2D eigenvalue weighted by Gasteiger charge is -2.43. The third kappa shape index (κ3) is 14.5. The topological polar surface area (TPSA) is 175 Å². The van der Waals surface area contributed by atoms with Crippen LogP contribution in [0.25, 0.3) is 4.85 Å². The number of fused-ring (bicyclic) bond motifs is 4. The smallest absolute Gasteiger partial charge is 0.322 e. The molecule has 4 aliphatic rings. The quantitative estimate of drug-likeness (QED) is 0.0913. The third-order valence-electron chi connectivity index (χ3n) is 16.7. The fraction of sp³-hybridized carbons (Fsp3) is 0.265. The molecule has 89 heavy (non-hydrogen) atoms. The van der Waals surface area contributed by atoms with E-state index in [0.29, 0.717) is 61.4 Å². The Kier molecular flexibility index (Phi) is 18.8. The SMILES string of the molecule is Cc1cn(Cc2cccc(NC(=O)C3CN([C@@H]4c5ccc(Cl)cc5CCc5cc(Br)cnc54)CCN3)c2)cn1.[C-]#[N+]c1ccc(NC(=O)N2CCN([C@@H]3c4ccc(Cl)cc4CCc4cc(Br)cnc43)CC2C(=O)Nc2cccc(Cn3cnc(C)c3)c2)cc1. The van der Waals surface area contributed by atoms with Gasteiger partial charge in [0.05, 0.1) is 60.1 Å². The van der Waals surface area contributed by atoms with Gasteiger partial charge < -0.3 is 35.3 Å². The summed E-state index contributed by atoms with van der Waals surface area (Å²) in [5, 5.41) is 14.0. The minimum Gasteiger partial charge on any atom is -0.333 e. The molecule has 4 N–H and O–H groups in total. The molecule has 0 saturated carbocycles. The first-order valence-electron chi connectivity index (χ1n) is 29.5. The molecular formula is C68H64Br2Cl2N14O3. The first-order chi connectivity index (χ1) is 43.2. The summed E-state index contributed by atoms with van der Waals surface area (Å²) in [6, 6.07) is 37.0. The van der Waals surface area contributed by atoms with E-state index in [9.17, 15) is 14.4 Å². The summed E-state index contributed by atoms with van der Waals surface area (Å²) in [6.07, 6.45) is 14.7. The van der Waals surface area contributed by atoms with Crippen molar-refractivity contribution in [1.82, 2.24) is 49.1 Å². The maximum absolute atomic E-state index is 14.3. The molecule has 17 nitrogen and oxygen atoms in total. The number of nitrogens with zero attached hydrogens (tertiary/aromatic N) is 10. The number of carbonyl (C=O) groups excluding carboxylic acids is 3. The first-order valence-corrected chi connectivity index (χ1v) is 31.9. The highest BCUT2D eigenvalue weighted by Gasteiger charge is 2.41. The van der Waals surface area contributed by atoms with Gasteiger partial charge in [0.25, 0.3) is 0 Å². The first kappa shape index (κ1) is 61.2. The molecule has 13 rings (SSSR count). The van der Waals surface area contributed by atoms with Crippen molar-refractivity contribution in [2.75, 3.05) is 55.2 Å². The minimum absolute atomic E-state index is 0.0377. The van der Waals surface area contributed by atoms with Gasteiger partial charge in [-0.2, -0.15) is 0 Å². The Morgan fingerprint density at radius 1 is 0.596 bits per heavy atom. The van der Waals surface area contributed by atoms with Crippen molar-refractivity contribution in [1.29, 1.82) is 0 Å². The molecule has 2 fully saturated rings. The van der Waals surface area contributed by atoms with Gasteiger partial charge in [0.1, 0.15) is 6.04 Å². The number of benzene rings is 5. The van der Waals surface area contributed by atoms with Crippen LogP contribution in [-0.2, 0) is 48.4 Å². The van der Waals surface area contributed by atoms with Crippen molar-refractivity contribution >= 4 is 95.7 Å². The standard InChI is InChI=1S/C38H34BrClN8O2.C30H30BrClN6O/c1-24-20-46(23-43-24)21-25-4-3-5-32(16-25)44-37(49)34-22-47(14-15-48(34)38(50)45-31-11-9-30(41-2)10-12-31)36-33-13-8-29(40)18-26(33)6-7-27-17-28(39)19-42-35(27)36;1-19-15-37(18-35-19)16-20-3-2-4-25(11-20)36-30(39)27-17-38(10-9-33-27)29-26-8-7-24(32)13-21(26)5-6-22-12-23(31)14-34-28(22)29/h3-5,8-13,16-20,23,34,36H,6-7,14-15,21-22H2,1H3,(H,44,49)(H,45,50);2-4,7-8,11-15,18,27,29,33H,5-6,9-10,16-17H2,1H3,(H,36,39)/t34?,36-;27?,29-/m11/s1. The number of hydrogen-bond donors (Lipinski definition) is 4. The number of hydrogen-bond acceptors (Lipinski definition) is 10. The summed E-state index contributed by atoms with van der Waals surface area (Å²) in [5.74, 6) is -0.331. The van der Waals surface area contributed by atoms with Gasteiger partial charge in [-0.1, -0.05) is 71.7 Å². The number of aryl methyl sites for hydroxylation is 6. The third-order valence-corrected chi connectivity index (χ3v) is 18.0. The molecule has 0 radical (unpaired) electrons. The highest BCUT2D eigenvalue weighted by atomic mass is 79.9. The highest BCUT2D eigenvalue weighted by Crippen LogP contribution is 2.41. The number of amides is 4. The predicted molar refractivity (Wildman–Crippen MR) is 355 cm³/mol. The predicted octanol–water partition coefficient (Wildman–Crippen LogP) is 12.8. The number of anilines is 3. The summed E-state index contributed by atoms with van der Waals surface area (Å²) in [4.78, 5) is 69.8. The number of carbonyl (C=O) groups is 3. The largest absolute Gasteiger partial charge is 0.333 e. The van der Waals surface area contributed by atoms with Gasteiger partial charge in [0.2, 0.25) is 11.8 Å². The molecule has 6 heterocycles. The molecule has 21 heteroatoms. The average Bonchev–Trinajstić information content (AvgIpc) is 2.21. The van der Waals surface area contributed by atoms with Crippen LogP contribution >= 0.6 is 55.1 Å². The number of urea groups is 1. The Hall–Kier alpha value is -8.06. The van der Waals surface area contributed by atoms with Crippen LogP contribution in [0.5, 0.6) is 0 Å². The van der Waals surface area contributed by atoms with Gasteiger partial charge in [-0.3, -0.25) is 29.4 Å². The summed E-state index contributed by atoms with van der Waals surface area (Å²) in [5.41, 5.74) is 15.5. The Morgan fingerprint density at radius 2 is 1.12 bits per heavy atom. The lowest BCUT2D eigenvalue weighted by Crippen LogP contribution is -2.61. The van der Waals surface area contributed by atoms with E-state index in [-0.39, 0.29) is 42.5 Å². The lowest BCUT2D eigenvalue weighted by molar-refractivity contribution is -0.122. The lowest BCUT2D eigenvalue weighted by atomic mass is 9.95. The fourth-order valence-corrected chi connectivity index (χ4v) is 13.7. The zero-order valence-corrected chi connectivity index (χ0v) is 53.7. The van der Waals surface area contributed by atoms with Crippen molar-refractivity contribution in [3.63, 3.8) is 0 Å². The maximum Gasteiger partial charge on any atom is 0.322 e. The minimum atomic E-state index is -0.830. The zero-order valence-electron chi connectivity index (χ0n) is 49.0. The zero-order chi connectivity index (χ0) is 61.7. The number of aromatic nitrogens is 6. The molecule has 0 bridgehead atoms. The Labute approximate surface area is 544 Å². The normalized spacial score (nSPS) is 18.1. The summed E-state index contributed by atoms with van der Waals surface area (Å²) in [6.45, 7) is 15.7. The van der Waals surface area contributed by atoms with Crippen LogP contribution in [0, 0.1) is 20.4 Å². The van der Waals surface area contributed by atoms with Crippen LogP contribution < -0.4 is 21.3 Å². The van der Waals surface area contributed by atoms with Crippen LogP contribution in [-0.4, -0.2) is 113 Å². The van der Waals surface area contributed by atoms with Crippen molar-refractivity contribution in [3.8, 4) is 0 Å². The van der Waals surface area contributed by atoms with Crippen molar-refractivity contribution < 1.29 is 14.4 Å². The second-order valence-electron chi connectivity index (χ2n) is 22.9. The van der Waals surface area contributed by atoms with Crippen LogP contribution in [0.3, 0.4) is 0 Å². The number of rotatable bonds is 11. The number of nitrogens with one attached hydrogen (secondary N) is 4. The van der Waals surface area contributed by atoms with Gasteiger partial charge in [0, 0.05) is 113 Å². The van der Waals surface area contributed by atoms with Gasteiger partial charge >= 0.3 is 6.03 Å². The maximum atomic E-state index is 14.3. The molecule has 0 spiro atoms. The summed E-state index contributed by atoms with van der Waals surface area (Å²) >= 11 is 20.1. The van der Waals surface area contributed by atoms with Crippen molar-refractivity contribution in [2.24, 2.45) is 0 Å². The molecule has 5 aromatic carbocycles. The Bertz CT molecular complexity index is 4040. The molecular weight excluding hydrogens is 1290 g/mol. The monoisotopic (exact) mass is 1350 g/mol. The molecule has 9 aromatic rings. The van der Waals surface area contributed by atoms with Gasteiger partial charge in [0.15, 0.2) is 5.69 Å². The Balaban J connectivity index is 0.000000178. The highest BCUT2D eigenvalue weighted by molar-refractivity contribution is 9.10. The molecule has 2 aliphatic carbocycles. The fourth-order valence-electron chi connectivity index (χ4n) is 12.6. The van der Waals surface area contributed by atoms with E-state index in [4.69, 9.17) is 39.7 Å². The van der Waals surface area contributed by atoms with Crippen LogP contribution in [0.2, 0.25) is 10.0 Å². The molecule has 2 saturated heterocycles. The summed E-state index contributed by atoms with van der Waals surface area (Å²) in [7, 11) is 0. The van der Waals surface area contributed by atoms with E-state index < -0.39 is 6.04 Å².